The van der Waals surface area contributed by atoms with Gasteiger partial charge in [-0.3, -0.25) is 9.59 Å². The lowest BCUT2D eigenvalue weighted by atomic mass is 10.0. The van der Waals surface area contributed by atoms with E-state index in [0.29, 0.717) is 41.1 Å². The number of rotatable bonds is 6. The van der Waals surface area contributed by atoms with Gasteiger partial charge in [-0.1, -0.05) is 11.6 Å². The SMILES string of the molecule is CC(=O)c1ccc(-c2cc(Cl)c3c(c2)CC(CNC(=O)C=Cc2ccc(N)nc2)O3)o1. The molecule has 1 amide bonds. The number of fused-ring (bicyclic) bond motifs is 1. The third-order valence-corrected chi connectivity index (χ3v) is 5.11. The van der Waals surface area contributed by atoms with E-state index >= 15 is 0 Å². The Morgan fingerprint density at radius 1 is 1.29 bits per heavy atom. The number of nitrogens with zero attached hydrogens (tertiary/aromatic N) is 1. The van der Waals surface area contributed by atoms with Crippen LogP contribution in [0, 0.1) is 0 Å². The number of halogens is 1. The van der Waals surface area contributed by atoms with Crippen molar-refractivity contribution in [3.05, 3.63) is 70.6 Å². The first-order valence-electron chi connectivity index (χ1n) is 9.66. The molecule has 0 radical (unpaired) electrons. The fraction of sp³-hybridized carbons (Fsp3) is 0.174. The van der Waals surface area contributed by atoms with E-state index in [9.17, 15) is 9.59 Å². The van der Waals surface area contributed by atoms with E-state index in [0.717, 1.165) is 16.7 Å². The van der Waals surface area contributed by atoms with Crippen molar-refractivity contribution in [3.8, 4) is 17.1 Å². The topological polar surface area (TPSA) is 107 Å². The molecule has 0 saturated heterocycles. The zero-order valence-corrected chi connectivity index (χ0v) is 17.5. The number of pyridine rings is 1. The highest BCUT2D eigenvalue weighted by Crippen LogP contribution is 2.39. The van der Waals surface area contributed by atoms with Crippen LogP contribution in [0.5, 0.6) is 5.75 Å². The number of ether oxygens (including phenoxy) is 1. The highest BCUT2D eigenvalue weighted by molar-refractivity contribution is 6.32. The molecule has 0 aliphatic carbocycles. The molecule has 158 valence electrons. The van der Waals surface area contributed by atoms with E-state index in [1.807, 2.05) is 6.07 Å². The van der Waals surface area contributed by atoms with Gasteiger partial charge in [0, 0.05) is 36.7 Å². The molecule has 2 aromatic heterocycles. The van der Waals surface area contributed by atoms with Gasteiger partial charge in [-0.2, -0.15) is 0 Å². The Kier molecular flexibility index (Phi) is 5.77. The number of carbonyl (C=O) groups excluding carboxylic acids is 2. The van der Waals surface area contributed by atoms with Gasteiger partial charge in [0.15, 0.2) is 11.5 Å². The first-order valence-corrected chi connectivity index (χ1v) is 10.0. The average molecular weight is 438 g/mol. The van der Waals surface area contributed by atoms with Crippen molar-refractivity contribution in [3.63, 3.8) is 0 Å². The Hall–Kier alpha value is -3.58. The molecule has 7 nitrogen and oxygen atoms in total. The maximum Gasteiger partial charge on any atom is 0.244 e. The Balaban J connectivity index is 1.38. The van der Waals surface area contributed by atoms with Crippen LogP contribution in [-0.2, 0) is 11.2 Å². The predicted molar refractivity (Wildman–Crippen MR) is 118 cm³/mol. The first kappa shape index (κ1) is 20.7. The second-order valence-electron chi connectivity index (χ2n) is 7.21. The third-order valence-electron chi connectivity index (χ3n) is 4.83. The summed E-state index contributed by atoms with van der Waals surface area (Å²) in [5.74, 6) is 1.51. The molecule has 0 spiro atoms. The normalized spacial score (nSPS) is 15.0. The number of amides is 1. The smallest absolute Gasteiger partial charge is 0.244 e. The van der Waals surface area contributed by atoms with Crippen LogP contribution in [0.3, 0.4) is 0 Å². The minimum absolute atomic E-state index is 0.139. The maximum atomic E-state index is 12.1. The number of nitrogens with one attached hydrogen (secondary N) is 1. The van der Waals surface area contributed by atoms with Crippen molar-refractivity contribution < 1.29 is 18.7 Å². The van der Waals surface area contributed by atoms with E-state index in [1.54, 1.807) is 42.6 Å². The predicted octanol–water partition coefficient (Wildman–Crippen LogP) is 3.91. The molecule has 0 fully saturated rings. The molecule has 3 aromatic rings. The molecule has 1 unspecified atom stereocenters. The number of carbonyl (C=O) groups is 2. The molecule has 3 heterocycles. The Bertz CT molecular complexity index is 1170. The lowest BCUT2D eigenvalue weighted by Crippen LogP contribution is -2.33. The minimum Gasteiger partial charge on any atom is -0.486 e. The summed E-state index contributed by atoms with van der Waals surface area (Å²) < 4.78 is 11.5. The molecule has 8 heteroatoms. The summed E-state index contributed by atoms with van der Waals surface area (Å²) in [6, 6.07) is 10.5. The standard InChI is InChI=1S/C23H20ClN3O4/c1-13(28)19-4-5-20(31-19)15-8-16-9-17(30-23(16)18(24)10-15)12-27-22(29)7-3-14-2-6-21(25)26-11-14/h2-8,10-11,17H,9,12H2,1H3,(H2,25,26)(H,27,29). The molecule has 1 aliphatic rings. The first-order chi connectivity index (χ1) is 14.9. The summed E-state index contributed by atoms with van der Waals surface area (Å²) in [5, 5.41) is 3.28. The second kappa shape index (κ2) is 8.65. The van der Waals surface area contributed by atoms with Crippen LogP contribution in [0.25, 0.3) is 17.4 Å². The van der Waals surface area contributed by atoms with Gasteiger partial charge < -0.3 is 20.2 Å². The summed E-state index contributed by atoms with van der Waals surface area (Å²) in [6.45, 7) is 1.78. The van der Waals surface area contributed by atoms with E-state index < -0.39 is 0 Å². The Morgan fingerprint density at radius 3 is 2.84 bits per heavy atom. The summed E-state index contributed by atoms with van der Waals surface area (Å²) >= 11 is 6.40. The van der Waals surface area contributed by atoms with Crippen molar-refractivity contribution in [2.24, 2.45) is 0 Å². The van der Waals surface area contributed by atoms with Crippen molar-refractivity contribution in [1.82, 2.24) is 10.3 Å². The van der Waals surface area contributed by atoms with Gasteiger partial charge >= 0.3 is 0 Å². The number of anilines is 1. The lowest BCUT2D eigenvalue weighted by molar-refractivity contribution is -0.116. The molecular weight excluding hydrogens is 418 g/mol. The molecule has 1 atom stereocenters. The number of nitrogen functional groups attached to an aromatic ring is 1. The van der Waals surface area contributed by atoms with Crippen molar-refractivity contribution in [1.29, 1.82) is 0 Å². The summed E-state index contributed by atoms with van der Waals surface area (Å²) in [4.78, 5) is 27.6. The number of nitrogens with two attached hydrogens (primary N) is 1. The third kappa shape index (κ3) is 4.78. The monoisotopic (exact) mass is 437 g/mol. The quantitative estimate of drug-likeness (QED) is 0.447. The van der Waals surface area contributed by atoms with Crippen LogP contribution in [0.4, 0.5) is 5.82 Å². The molecule has 0 saturated carbocycles. The van der Waals surface area contributed by atoms with Gasteiger partial charge in [0.2, 0.25) is 5.91 Å². The largest absolute Gasteiger partial charge is 0.486 e. The average Bonchev–Trinajstić information content (AvgIpc) is 3.39. The molecule has 31 heavy (non-hydrogen) atoms. The number of hydrogen-bond donors (Lipinski definition) is 2. The number of furan rings is 1. The fourth-order valence-corrected chi connectivity index (χ4v) is 3.57. The van der Waals surface area contributed by atoms with Crippen LogP contribution in [0.2, 0.25) is 5.02 Å². The zero-order valence-electron chi connectivity index (χ0n) is 16.7. The molecule has 0 bridgehead atoms. The molecule has 3 N–H and O–H groups in total. The second-order valence-corrected chi connectivity index (χ2v) is 7.61. The minimum atomic E-state index is -0.240. The van der Waals surface area contributed by atoms with Gasteiger partial charge in [0.05, 0.1) is 11.6 Å². The molecule has 1 aromatic carbocycles. The molecule has 4 rings (SSSR count). The number of benzene rings is 1. The number of hydrogen-bond acceptors (Lipinski definition) is 6. The van der Waals surface area contributed by atoms with Gasteiger partial charge in [0.1, 0.15) is 23.4 Å². The highest BCUT2D eigenvalue weighted by Gasteiger charge is 2.26. The van der Waals surface area contributed by atoms with Crippen molar-refractivity contribution in [2.75, 3.05) is 12.3 Å². The summed E-state index contributed by atoms with van der Waals surface area (Å²) in [7, 11) is 0. The number of ketones is 1. The van der Waals surface area contributed by atoms with E-state index in [-0.39, 0.29) is 17.8 Å². The number of aromatic nitrogens is 1. The van der Waals surface area contributed by atoms with Crippen molar-refractivity contribution >= 4 is 35.2 Å². The summed E-state index contributed by atoms with van der Waals surface area (Å²) in [5.41, 5.74) is 8.01. The van der Waals surface area contributed by atoms with Crippen LogP contribution in [0.1, 0.15) is 28.6 Å². The molecular formula is C23H20ClN3O4. The van der Waals surface area contributed by atoms with Crippen molar-refractivity contribution in [2.45, 2.75) is 19.4 Å². The van der Waals surface area contributed by atoms with Gasteiger partial charge in [-0.15, -0.1) is 0 Å². The molecule has 1 aliphatic heterocycles. The number of Topliss-reactive ketones (excluding diaryl/α,β-unsaturated/α-hetero) is 1. The summed E-state index contributed by atoms with van der Waals surface area (Å²) in [6.07, 6.45) is 5.04. The van der Waals surface area contributed by atoms with E-state index in [1.165, 1.54) is 13.0 Å². The maximum absolute atomic E-state index is 12.1. The highest BCUT2D eigenvalue weighted by atomic mass is 35.5. The fourth-order valence-electron chi connectivity index (χ4n) is 3.29. The van der Waals surface area contributed by atoms with Gasteiger partial charge in [0.25, 0.3) is 0 Å². The van der Waals surface area contributed by atoms with Crippen LogP contribution in [-0.4, -0.2) is 29.3 Å². The Morgan fingerprint density at radius 2 is 2.13 bits per heavy atom. The van der Waals surface area contributed by atoms with E-state index in [4.69, 9.17) is 26.5 Å². The Labute approximate surface area is 183 Å². The van der Waals surface area contributed by atoms with Crippen LogP contribution >= 0.6 is 11.6 Å². The zero-order chi connectivity index (χ0) is 22.0. The van der Waals surface area contributed by atoms with Crippen LogP contribution in [0.15, 0.2) is 53.1 Å². The van der Waals surface area contributed by atoms with E-state index in [2.05, 4.69) is 10.3 Å². The van der Waals surface area contributed by atoms with Gasteiger partial charge in [-0.25, -0.2) is 4.98 Å². The van der Waals surface area contributed by atoms with Crippen LogP contribution < -0.4 is 15.8 Å². The lowest BCUT2D eigenvalue weighted by Gasteiger charge is -2.11. The van der Waals surface area contributed by atoms with Gasteiger partial charge in [-0.05, 0) is 48.0 Å².